The van der Waals surface area contributed by atoms with Gasteiger partial charge in [0.2, 0.25) is 10.0 Å². The highest BCUT2D eigenvalue weighted by molar-refractivity contribution is 7.89. The van der Waals surface area contributed by atoms with E-state index < -0.39 is 10.0 Å². The second-order valence-corrected chi connectivity index (χ2v) is 11.4. The van der Waals surface area contributed by atoms with Crippen molar-refractivity contribution < 1.29 is 12.8 Å². The van der Waals surface area contributed by atoms with Gasteiger partial charge in [0, 0.05) is 41.8 Å². The maximum Gasteiger partial charge on any atom is 0.245 e. The number of para-hydroxylation sites is 1. The van der Waals surface area contributed by atoms with Gasteiger partial charge in [-0.1, -0.05) is 42.5 Å². The molecule has 9 heteroatoms. The van der Waals surface area contributed by atoms with Crippen molar-refractivity contribution in [1.29, 1.82) is 0 Å². The summed E-state index contributed by atoms with van der Waals surface area (Å²) in [6.07, 6.45) is 2.61. The molecule has 2 aromatic heterocycles. The minimum absolute atomic E-state index is 0.202. The van der Waals surface area contributed by atoms with Crippen molar-refractivity contribution in [2.45, 2.75) is 24.8 Å². The zero-order chi connectivity index (χ0) is 24.9. The van der Waals surface area contributed by atoms with Gasteiger partial charge in [0.05, 0.1) is 11.7 Å². The molecule has 3 aromatic carbocycles. The summed E-state index contributed by atoms with van der Waals surface area (Å²) >= 11 is 1.02. The van der Waals surface area contributed by atoms with Crippen molar-refractivity contribution in [3.05, 3.63) is 95.4 Å². The van der Waals surface area contributed by atoms with Crippen molar-refractivity contribution in [3.8, 4) is 0 Å². The second-order valence-electron chi connectivity index (χ2n) is 8.92. The topological polar surface area (TPSA) is 68.1 Å². The van der Waals surface area contributed by atoms with Gasteiger partial charge in [-0.15, -0.1) is 0 Å². The molecule has 5 aromatic rings. The van der Waals surface area contributed by atoms with E-state index in [1.807, 2.05) is 24.3 Å². The number of fused-ring (bicyclic) bond motifs is 2. The van der Waals surface area contributed by atoms with Gasteiger partial charge in [-0.2, -0.15) is 13.1 Å². The highest BCUT2D eigenvalue weighted by atomic mass is 32.2. The van der Waals surface area contributed by atoms with Gasteiger partial charge >= 0.3 is 0 Å². The molecule has 0 atom stereocenters. The number of sulfonamides is 1. The fourth-order valence-corrected chi connectivity index (χ4v) is 7.22. The molecule has 1 aliphatic heterocycles. The Balaban J connectivity index is 1.36. The number of hydrogen-bond donors (Lipinski definition) is 0. The Kier molecular flexibility index (Phi) is 5.70. The van der Waals surface area contributed by atoms with E-state index >= 15 is 0 Å². The molecule has 0 radical (unpaired) electrons. The van der Waals surface area contributed by atoms with Crippen LogP contribution in [0.5, 0.6) is 0 Å². The lowest BCUT2D eigenvalue weighted by Crippen LogP contribution is -2.34. The average Bonchev–Trinajstić information content (AvgIpc) is 3.47. The summed E-state index contributed by atoms with van der Waals surface area (Å²) in [5.41, 5.74) is 6.33. The lowest BCUT2D eigenvalue weighted by atomic mass is 9.97. The lowest BCUT2D eigenvalue weighted by molar-refractivity contribution is 0.442. The molecular formula is C27H23FN4O2S2. The summed E-state index contributed by atoms with van der Waals surface area (Å²) in [6, 6.07) is 19.9. The van der Waals surface area contributed by atoms with Crippen LogP contribution in [-0.2, 0) is 16.6 Å². The number of aromatic nitrogens is 3. The monoisotopic (exact) mass is 518 g/mol. The summed E-state index contributed by atoms with van der Waals surface area (Å²) in [4.78, 5) is 0.202. The van der Waals surface area contributed by atoms with Crippen LogP contribution in [0.25, 0.3) is 27.5 Å². The first kappa shape index (κ1) is 23.0. The number of halogens is 1. The predicted octanol–water partition coefficient (Wildman–Crippen LogP) is 5.62. The largest absolute Gasteiger partial charge is 0.340 e. The summed E-state index contributed by atoms with van der Waals surface area (Å²) in [7, 11) is -3.70. The summed E-state index contributed by atoms with van der Waals surface area (Å²) in [5, 5.41) is 1.12. The first-order valence-corrected chi connectivity index (χ1v) is 13.8. The van der Waals surface area contributed by atoms with E-state index in [2.05, 4.69) is 32.4 Å². The number of nitrogens with zero attached hydrogens (tertiary/aromatic N) is 4. The summed E-state index contributed by atoms with van der Waals surface area (Å²) < 4.78 is 52.8. The second kappa shape index (κ2) is 8.92. The Morgan fingerprint density at radius 3 is 2.67 bits per heavy atom. The van der Waals surface area contributed by atoms with Gasteiger partial charge in [-0.3, -0.25) is 0 Å². The molecule has 0 spiro atoms. The maximum atomic E-state index is 13.8. The minimum Gasteiger partial charge on any atom is -0.340 e. The fourth-order valence-electron chi connectivity index (χ4n) is 5.08. The molecule has 1 aliphatic rings. The smallest absolute Gasteiger partial charge is 0.245 e. The van der Waals surface area contributed by atoms with Gasteiger partial charge < -0.3 is 4.57 Å². The first-order valence-electron chi connectivity index (χ1n) is 11.7. The molecule has 182 valence electrons. The molecular weight excluding hydrogens is 495 g/mol. The molecule has 0 aliphatic carbocycles. The SMILES string of the molecule is Cc1c(C2=CCN(S(=O)(=O)c3cccc4nsnc34)CC2)c2ccccc2n1Cc1cccc(F)c1. The molecule has 36 heavy (non-hydrogen) atoms. The molecule has 0 amide bonds. The molecule has 0 unspecified atom stereocenters. The van der Waals surface area contributed by atoms with E-state index in [4.69, 9.17) is 0 Å². The van der Waals surface area contributed by atoms with Crippen LogP contribution in [0.1, 0.15) is 23.2 Å². The van der Waals surface area contributed by atoms with Gasteiger partial charge in [-0.25, -0.2) is 12.8 Å². The lowest BCUT2D eigenvalue weighted by Gasteiger charge is -2.26. The molecule has 0 saturated carbocycles. The van der Waals surface area contributed by atoms with Crippen LogP contribution in [0.3, 0.4) is 0 Å². The Morgan fingerprint density at radius 2 is 1.86 bits per heavy atom. The van der Waals surface area contributed by atoms with Crippen LogP contribution >= 0.6 is 11.7 Å². The minimum atomic E-state index is -3.70. The van der Waals surface area contributed by atoms with E-state index in [1.54, 1.807) is 30.3 Å². The maximum absolute atomic E-state index is 13.8. The quantitative estimate of drug-likeness (QED) is 0.303. The Morgan fingerprint density at radius 1 is 1.03 bits per heavy atom. The fraction of sp³-hybridized carbons (Fsp3) is 0.185. The van der Waals surface area contributed by atoms with Crippen LogP contribution in [0.2, 0.25) is 0 Å². The van der Waals surface area contributed by atoms with Crippen LogP contribution in [0.4, 0.5) is 4.39 Å². The molecule has 3 heterocycles. The van der Waals surface area contributed by atoms with Crippen LogP contribution in [-0.4, -0.2) is 39.1 Å². The van der Waals surface area contributed by atoms with E-state index in [0.717, 1.165) is 45.0 Å². The van der Waals surface area contributed by atoms with Crippen molar-refractivity contribution in [1.82, 2.24) is 17.6 Å². The zero-order valence-electron chi connectivity index (χ0n) is 19.6. The number of hydrogen-bond acceptors (Lipinski definition) is 5. The summed E-state index contributed by atoms with van der Waals surface area (Å²) in [5.74, 6) is -0.248. The highest BCUT2D eigenvalue weighted by Gasteiger charge is 2.30. The normalized spacial score (nSPS) is 15.0. The standard InChI is InChI=1S/C27H23FN4O2S2/c1-18-26(22-8-2-3-10-24(22)32(18)17-19-6-4-7-21(28)16-19)20-12-14-31(15-13-20)36(33,34)25-11-5-9-23-27(25)30-35-29-23/h2-12,16H,13-15,17H2,1H3. The van der Waals surface area contributed by atoms with E-state index in [-0.39, 0.29) is 17.3 Å². The zero-order valence-corrected chi connectivity index (χ0v) is 21.2. The molecule has 6 nitrogen and oxygen atoms in total. The van der Waals surface area contributed by atoms with Gasteiger partial charge in [-0.05, 0) is 54.8 Å². The molecule has 0 fully saturated rings. The van der Waals surface area contributed by atoms with Crippen molar-refractivity contribution >= 4 is 49.3 Å². The molecule has 0 bridgehead atoms. The van der Waals surface area contributed by atoms with Crippen molar-refractivity contribution in [2.24, 2.45) is 0 Å². The summed E-state index contributed by atoms with van der Waals surface area (Å²) in [6.45, 7) is 3.30. The third kappa shape index (κ3) is 3.84. The van der Waals surface area contributed by atoms with Gasteiger partial charge in [0.15, 0.2) is 0 Å². The number of benzene rings is 3. The van der Waals surface area contributed by atoms with E-state index in [0.29, 0.717) is 30.5 Å². The van der Waals surface area contributed by atoms with E-state index in [1.165, 1.54) is 10.4 Å². The third-order valence-corrected chi connectivity index (χ3v) is 9.26. The highest BCUT2D eigenvalue weighted by Crippen LogP contribution is 2.36. The third-order valence-electron chi connectivity index (χ3n) is 6.82. The number of rotatable bonds is 5. The van der Waals surface area contributed by atoms with Crippen molar-refractivity contribution in [2.75, 3.05) is 13.1 Å². The van der Waals surface area contributed by atoms with Gasteiger partial charge in [0.1, 0.15) is 21.7 Å². The average molecular weight is 519 g/mol. The van der Waals surface area contributed by atoms with Gasteiger partial charge in [0.25, 0.3) is 0 Å². The van der Waals surface area contributed by atoms with Crippen LogP contribution in [0, 0.1) is 12.7 Å². The molecule has 0 N–H and O–H groups in total. The van der Waals surface area contributed by atoms with Crippen molar-refractivity contribution in [3.63, 3.8) is 0 Å². The predicted molar refractivity (Wildman–Crippen MR) is 141 cm³/mol. The molecule has 6 rings (SSSR count). The Labute approximate surface area is 212 Å². The van der Waals surface area contributed by atoms with E-state index in [9.17, 15) is 12.8 Å². The van der Waals surface area contributed by atoms with Crippen LogP contribution in [0.15, 0.2) is 77.7 Å². The van der Waals surface area contributed by atoms with Crippen LogP contribution < -0.4 is 0 Å². The molecule has 0 saturated heterocycles. The Bertz CT molecular complexity index is 1750. The Hall–Kier alpha value is -3.40. The first-order chi connectivity index (χ1) is 17.4.